The summed E-state index contributed by atoms with van der Waals surface area (Å²) >= 11 is 8.77. The molecule has 21 heavy (non-hydrogen) atoms. The van der Waals surface area contributed by atoms with E-state index in [1.807, 2.05) is 19.1 Å². The molecule has 8 heteroatoms. The highest BCUT2D eigenvalue weighted by atomic mass is 35.5. The predicted molar refractivity (Wildman–Crippen MR) is 89.9 cm³/mol. The predicted octanol–water partition coefficient (Wildman–Crippen LogP) is 3.09. The van der Waals surface area contributed by atoms with E-state index >= 15 is 0 Å². The fourth-order valence-electron chi connectivity index (χ4n) is 1.72. The Morgan fingerprint density at radius 1 is 1.29 bits per heavy atom. The Bertz CT molecular complexity index is 679. The number of rotatable bonds is 8. The van der Waals surface area contributed by atoms with Crippen molar-refractivity contribution in [3.05, 3.63) is 37.7 Å². The quantitative estimate of drug-likeness (QED) is 0.756. The minimum atomic E-state index is -3.42. The van der Waals surface area contributed by atoms with Crippen molar-refractivity contribution >= 4 is 44.3 Å². The van der Waals surface area contributed by atoms with Crippen LogP contribution in [0.1, 0.15) is 16.7 Å². The van der Waals surface area contributed by atoms with Crippen molar-refractivity contribution in [2.75, 3.05) is 13.1 Å². The van der Waals surface area contributed by atoms with Gasteiger partial charge in [-0.05, 0) is 31.2 Å². The molecule has 4 nitrogen and oxygen atoms in total. The van der Waals surface area contributed by atoms with Crippen molar-refractivity contribution < 1.29 is 8.42 Å². The smallest absolute Gasteiger partial charge is 0.241 e. The van der Waals surface area contributed by atoms with Gasteiger partial charge in [0.25, 0.3) is 0 Å². The average molecular weight is 365 g/mol. The summed E-state index contributed by atoms with van der Waals surface area (Å²) in [5.41, 5.74) is 0. The third-order valence-electron chi connectivity index (χ3n) is 2.78. The lowest BCUT2D eigenvalue weighted by Gasteiger charge is -2.03. The lowest BCUT2D eigenvalue weighted by molar-refractivity contribution is 0.582. The van der Waals surface area contributed by atoms with Crippen LogP contribution in [-0.2, 0) is 23.0 Å². The first-order valence-corrected chi connectivity index (χ1v) is 10.1. The average Bonchev–Trinajstić information content (AvgIpc) is 3.06. The van der Waals surface area contributed by atoms with Gasteiger partial charge in [-0.1, -0.05) is 18.5 Å². The van der Waals surface area contributed by atoms with Crippen molar-refractivity contribution in [1.29, 1.82) is 0 Å². The van der Waals surface area contributed by atoms with Crippen LogP contribution in [0.25, 0.3) is 0 Å². The zero-order valence-electron chi connectivity index (χ0n) is 11.6. The van der Waals surface area contributed by atoms with Crippen molar-refractivity contribution in [1.82, 2.24) is 10.0 Å². The van der Waals surface area contributed by atoms with E-state index in [1.165, 1.54) is 22.7 Å². The Labute approximate surface area is 138 Å². The zero-order valence-corrected chi connectivity index (χ0v) is 14.8. The maximum Gasteiger partial charge on any atom is 0.241 e. The summed E-state index contributed by atoms with van der Waals surface area (Å²) in [6, 6.07) is 5.46. The number of sulfonamides is 1. The first-order chi connectivity index (χ1) is 10.0. The Hall–Kier alpha value is -0.440. The van der Waals surface area contributed by atoms with Crippen LogP contribution in [-0.4, -0.2) is 21.5 Å². The van der Waals surface area contributed by atoms with Crippen LogP contribution in [0.15, 0.2) is 28.5 Å². The molecule has 0 fully saturated rings. The van der Waals surface area contributed by atoms with Crippen LogP contribution in [0, 0.1) is 0 Å². The van der Waals surface area contributed by atoms with E-state index in [1.54, 1.807) is 11.4 Å². The molecule has 2 N–H and O–H groups in total. The Morgan fingerprint density at radius 3 is 2.76 bits per heavy atom. The van der Waals surface area contributed by atoms with E-state index in [-0.39, 0.29) is 0 Å². The summed E-state index contributed by atoms with van der Waals surface area (Å²) in [5.74, 6) is 0. The van der Waals surface area contributed by atoms with Gasteiger partial charge in [-0.25, -0.2) is 13.1 Å². The van der Waals surface area contributed by atoms with Crippen LogP contribution < -0.4 is 10.0 Å². The number of nitrogens with one attached hydrogen (secondary N) is 2. The maximum absolute atomic E-state index is 12.2. The van der Waals surface area contributed by atoms with E-state index in [2.05, 4.69) is 10.0 Å². The summed E-state index contributed by atoms with van der Waals surface area (Å²) in [6.07, 6.45) is 0.644. The van der Waals surface area contributed by atoms with Gasteiger partial charge >= 0.3 is 0 Å². The monoisotopic (exact) mass is 364 g/mol. The largest absolute Gasteiger partial charge is 0.312 e. The number of hydrogen-bond donors (Lipinski definition) is 2. The molecule has 0 unspecified atom stereocenters. The molecule has 116 valence electrons. The van der Waals surface area contributed by atoms with Gasteiger partial charge in [0.05, 0.1) is 9.23 Å². The van der Waals surface area contributed by atoms with Crippen LogP contribution in [0.5, 0.6) is 0 Å². The molecule has 0 saturated heterocycles. The fourth-order valence-corrected chi connectivity index (χ4v) is 5.08. The summed E-state index contributed by atoms with van der Waals surface area (Å²) < 4.78 is 27.7. The van der Waals surface area contributed by atoms with Crippen LogP contribution >= 0.6 is 34.3 Å². The third-order valence-corrected chi connectivity index (χ3v) is 6.60. The minimum absolute atomic E-state index is 0.338. The topological polar surface area (TPSA) is 58.2 Å². The SMILES string of the molecule is CCNCc1cc(S(=O)(=O)NCCc2ccc(Cl)s2)cs1. The van der Waals surface area contributed by atoms with E-state index in [0.29, 0.717) is 24.4 Å². The molecular weight excluding hydrogens is 348 g/mol. The van der Waals surface area contributed by atoms with Crippen LogP contribution in [0.2, 0.25) is 4.34 Å². The van der Waals surface area contributed by atoms with Crippen molar-refractivity contribution in [3.8, 4) is 0 Å². The molecule has 0 aliphatic rings. The second kappa shape index (κ2) is 7.71. The number of thiophene rings is 2. The summed E-state index contributed by atoms with van der Waals surface area (Å²) in [5, 5.41) is 4.86. The normalized spacial score (nSPS) is 11.9. The van der Waals surface area contributed by atoms with Crippen molar-refractivity contribution in [3.63, 3.8) is 0 Å². The second-order valence-corrected chi connectivity index (χ2v) is 8.95. The molecule has 0 radical (unpaired) electrons. The van der Waals surface area contributed by atoms with Gasteiger partial charge in [-0.3, -0.25) is 0 Å². The second-order valence-electron chi connectivity index (χ2n) is 4.38. The fraction of sp³-hybridized carbons (Fsp3) is 0.385. The number of hydrogen-bond acceptors (Lipinski definition) is 5. The van der Waals surface area contributed by atoms with Gasteiger partial charge in [-0.15, -0.1) is 22.7 Å². The molecule has 0 aromatic carbocycles. The van der Waals surface area contributed by atoms with Crippen LogP contribution in [0.3, 0.4) is 0 Å². The Kier molecular flexibility index (Phi) is 6.21. The molecule has 0 amide bonds. The van der Waals surface area contributed by atoms with E-state index < -0.39 is 10.0 Å². The van der Waals surface area contributed by atoms with E-state index in [9.17, 15) is 8.42 Å². The molecule has 0 aliphatic heterocycles. The molecule has 2 aromatic rings. The third kappa shape index (κ3) is 5.05. The molecule has 0 spiro atoms. The van der Waals surface area contributed by atoms with E-state index in [0.717, 1.165) is 20.6 Å². The standard InChI is InChI=1S/C13H17ClN2O2S3/c1-2-15-8-11-7-12(9-19-11)21(17,18)16-6-5-10-3-4-13(14)20-10/h3-4,7,9,15-16H,2,5-6,8H2,1H3. The van der Waals surface area contributed by atoms with Gasteiger partial charge in [0.1, 0.15) is 0 Å². The van der Waals surface area contributed by atoms with Crippen molar-refractivity contribution in [2.45, 2.75) is 24.8 Å². The van der Waals surface area contributed by atoms with Gasteiger partial charge < -0.3 is 5.32 Å². The Balaban J connectivity index is 1.90. The molecule has 0 aliphatic carbocycles. The molecule has 2 aromatic heterocycles. The lowest BCUT2D eigenvalue weighted by atomic mass is 10.3. The van der Waals surface area contributed by atoms with Gasteiger partial charge in [-0.2, -0.15) is 0 Å². The maximum atomic E-state index is 12.2. The van der Waals surface area contributed by atoms with Crippen LogP contribution in [0.4, 0.5) is 0 Å². The zero-order chi connectivity index (χ0) is 15.3. The van der Waals surface area contributed by atoms with Gasteiger partial charge in [0.2, 0.25) is 10.0 Å². The van der Waals surface area contributed by atoms with Gasteiger partial charge in [0.15, 0.2) is 0 Å². The molecule has 0 saturated carbocycles. The summed E-state index contributed by atoms with van der Waals surface area (Å²) in [4.78, 5) is 2.42. The first kappa shape index (κ1) is 16.9. The molecule has 2 heterocycles. The highest BCUT2D eigenvalue weighted by Gasteiger charge is 2.15. The molecular formula is C13H17ClN2O2S3. The van der Waals surface area contributed by atoms with Gasteiger partial charge in [0, 0.05) is 28.2 Å². The number of halogens is 1. The minimum Gasteiger partial charge on any atom is -0.312 e. The lowest BCUT2D eigenvalue weighted by Crippen LogP contribution is -2.25. The molecule has 0 atom stereocenters. The van der Waals surface area contributed by atoms with Crippen molar-refractivity contribution in [2.24, 2.45) is 0 Å². The highest BCUT2D eigenvalue weighted by Crippen LogP contribution is 2.22. The highest BCUT2D eigenvalue weighted by molar-refractivity contribution is 7.89. The molecule has 0 bridgehead atoms. The Morgan fingerprint density at radius 2 is 2.10 bits per heavy atom. The van der Waals surface area contributed by atoms with E-state index in [4.69, 9.17) is 11.6 Å². The molecule has 2 rings (SSSR count). The summed E-state index contributed by atoms with van der Waals surface area (Å²) in [6.45, 7) is 3.95. The first-order valence-electron chi connectivity index (χ1n) is 6.53. The summed E-state index contributed by atoms with van der Waals surface area (Å²) in [7, 11) is -3.42.